The molecule has 0 spiro atoms. The quantitative estimate of drug-likeness (QED) is 0.362. The molecule has 1 N–H and O–H groups in total. The number of nitrogens with one attached hydrogen (secondary N) is 1. The number of carbonyl (C=O) groups is 1. The zero-order valence-corrected chi connectivity index (χ0v) is 16.3. The number of hydrogen-bond acceptors (Lipinski definition) is 5. The minimum atomic E-state index is -0.412. The molecule has 4 nitrogen and oxygen atoms in total. The van der Waals surface area contributed by atoms with E-state index >= 15 is 0 Å². The highest BCUT2D eigenvalue weighted by atomic mass is 32.2. The van der Waals surface area contributed by atoms with Crippen molar-refractivity contribution >= 4 is 44.9 Å². The highest BCUT2D eigenvalue weighted by Gasteiger charge is 2.24. The van der Waals surface area contributed by atoms with Crippen LogP contribution < -0.4 is 5.32 Å². The standard InChI is InChI=1S/C21H17N3OS2/c1-14-7-9-16(10-8-14)24-19(25)18(15-5-3-2-4-6-15)27-21-17-11-12-26-20(17)22-13-23-21/h2-13,18H,1H3,(H,24,25). The van der Waals surface area contributed by atoms with E-state index in [0.717, 1.165) is 32.1 Å². The third-order valence-electron chi connectivity index (χ3n) is 4.11. The molecule has 0 aliphatic carbocycles. The Balaban J connectivity index is 1.66. The Hall–Kier alpha value is -2.70. The van der Waals surface area contributed by atoms with E-state index in [1.54, 1.807) is 17.7 Å². The summed E-state index contributed by atoms with van der Waals surface area (Å²) in [4.78, 5) is 22.8. The number of rotatable bonds is 5. The zero-order valence-electron chi connectivity index (χ0n) is 14.6. The van der Waals surface area contributed by atoms with Gasteiger partial charge < -0.3 is 5.32 Å². The van der Waals surface area contributed by atoms with Gasteiger partial charge in [0.25, 0.3) is 0 Å². The van der Waals surface area contributed by atoms with Gasteiger partial charge in [-0.25, -0.2) is 9.97 Å². The van der Waals surface area contributed by atoms with E-state index in [0.29, 0.717) is 0 Å². The van der Waals surface area contributed by atoms with Crippen molar-refractivity contribution in [3.8, 4) is 0 Å². The second kappa shape index (κ2) is 7.90. The number of anilines is 1. The van der Waals surface area contributed by atoms with Crippen LogP contribution in [0, 0.1) is 6.92 Å². The van der Waals surface area contributed by atoms with Crippen LogP contribution >= 0.6 is 23.1 Å². The van der Waals surface area contributed by atoms with Gasteiger partial charge >= 0.3 is 0 Å². The van der Waals surface area contributed by atoms with Crippen LogP contribution in [0.2, 0.25) is 0 Å². The Kier molecular flexibility index (Phi) is 5.18. The van der Waals surface area contributed by atoms with Gasteiger partial charge in [0.1, 0.15) is 21.4 Å². The summed E-state index contributed by atoms with van der Waals surface area (Å²) in [5.74, 6) is -0.0722. The molecule has 134 valence electrons. The monoisotopic (exact) mass is 391 g/mol. The Labute approximate surface area is 165 Å². The fourth-order valence-electron chi connectivity index (χ4n) is 2.72. The Morgan fingerprint density at radius 3 is 2.59 bits per heavy atom. The fourth-order valence-corrected chi connectivity index (χ4v) is 4.60. The molecule has 0 saturated carbocycles. The van der Waals surface area contributed by atoms with Gasteiger partial charge in [-0.1, -0.05) is 59.8 Å². The van der Waals surface area contributed by atoms with Crippen molar-refractivity contribution in [2.24, 2.45) is 0 Å². The first-order valence-electron chi connectivity index (χ1n) is 8.48. The number of carbonyl (C=O) groups excluding carboxylic acids is 1. The minimum absolute atomic E-state index is 0.0722. The maximum Gasteiger partial charge on any atom is 0.242 e. The van der Waals surface area contributed by atoms with E-state index in [-0.39, 0.29) is 5.91 Å². The third kappa shape index (κ3) is 4.02. The number of thiophene rings is 1. The third-order valence-corrected chi connectivity index (χ3v) is 6.21. The fraction of sp³-hybridized carbons (Fsp3) is 0.0952. The lowest BCUT2D eigenvalue weighted by molar-refractivity contribution is -0.115. The molecule has 4 aromatic rings. The number of amides is 1. The second-order valence-corrected chi connectivity index (χ2v) is 8.07. The van der Waals surface area contributed by atoms with Crippen LogP contribution in [0.1, 0.15) is 16.4 Å². The van der Waals surface area contributed by atoms with E-state index in [1.807, 2.05) is 73.0 Å². The van der Waals surface area contributed by atoms with Gasteiger partial charge in [0, 0.05) is 11.1 Å². The van der Waals surface area contributed by atoms with Gasteiger partial charge in [0.05, 0.1) is 0 Å². The van der Waals surface area contributed by atoms with E-state index < -0.39 is 5.25 Å². The zero-order chi connectivity index (χ0) is 18.6. The molecule has 1 atom stereocenters. The van der Waals surface area contributed by atoms with Crippen LogP contribution in [0.5, 0.6) is 0 Å². The lowest BCUT2D eigenvalue weighted by Crippen LogP contribution is -2.19. The number of thioether (sulfide) groups is 1. The van der Waals surface area contributed by atoms with Gasteiger partial charge in [0.15, 0.2) is 0 Å². The summed E-state index contributed by atoms with van der Waals surface area (Å²) in [5, 5.41) is 6.41. The van der Waals surface area contributed by atoms with Crippen molar-refractivity contribution in [2.45, 2.75) is 17.2 Å². The lowest BCUT2D eigenvalue weighted by Gasteiger charge is -2.17. The largest absolute Gasteiger partial charge is 0.325 e. The molecule has 0 aliphatic rings. The maximum atomic E-state index is 13.1. The Bertz CT molecular complexity index is 1060. The summed E-state index contributed by atoms with van der Waals surface area (Å²) >= 11 is 3.02. The molecule has 4 rings (SSSR count). The van der Waals surface area contributed by atoms with Crippen LogP contribution in [-0.4, -0.2) is 15.9 Å². The van der Waals surface area contributed by atoms with Gasteiger partial charge in [0.2, 0.25) is 5.91 Å². The average Bonchev–Trinajstić information content (AvgIpc) is 3.18. The van der Waals surface area contributed by atoms with E-state index in [2.05, 4.69) is 15.3 Å². The van der Waals surface area contributed by atoms with Gasteiger partial charge in [-0.05, 0) is 36.1 Å². The summed E-state index contributed by atoms with van der Waals surface area (Å²) < 4.78 is 0. The molecule has 2 aromatic heterocycles. The predicted molar refractivity (Wildman–Crippen MR) is 112 cm³/mol. The molecule has 2 aromatic carbocycles. The van der Waals surface area contributed by atoms with Crippen molar-refractivity contribution in [3.05, 3.63) is 83.5 Å². The number of benzene rings is 2. The average molecular weight is 392 g/mol. The summed E-state index contributed by atoms with van der Waals surface area (Å²) in [6, 6.07) is 19.6. The number of aryl methyl sites for hydroxylation is 1. The van der Waals surface area contributed by atoms with Gasteiger partial charge in [-0.15, -0.1) is 11.3 Å². The van der Waals surface area contributed by atoms with Crippen LogP contribution in [0.4, 0.5) is 5.69 Å². The van der Waals surface area contributed by atoms with Gasteiger partial charge in [-0.3, -0.25) is 4.79 Å². The summed E-state index contributed by atoms with van der Waals surface area (Å²) in [5.41, 5.74) is 2.88. The molecular weight excluding hydrogens is 374 g/mol. The molecule has 1 unspecified atom stereocenters. The summed E-state index contributed by atoms with van der Waals surface area (Å²) in [6.07, 6.45) is 1.56. The first kappa shape index (κ1) is 17.7. The molecule has 0 aliphatic heterocycles. The molecule has 1 amide bonds. The molecule has 6 heteroatoms. The molecule has 0 radical (unpaired) electrons. The SMILES string of the molecule is Cc1ccc(NC(=O)C(Sc2ncnc3sccc23)c2ccccc2)cc1. The first-order chi connectivity index (χ1) is 13.2. The van der Waals surface area contributed by atoms with E-state index in [1.165, 1.54) is 11.8 Å². The summed E-state index contributed by atoms with van der Waals surface area (Å²) in [7, 11) is 0. The van der Waals surface area contributed by atoms with Crippen molar-refractivity contribution in [3.63, 3.8) is 0 Å². The molecule has 0 bridgehead atoms. The van der Waals surface area contributed by atoms with Crippen LogP contribution in [0.3, 0.4) is 0 Å². The van der Waals surface area contributed by atoms with Crippen molar-refractivity contribution < 1.29 is 4.79 Å². The smallest absolute Gasteiger partial charge is 0.242 e. The van der Waals surface area contributed by atoms with Crippen molar-refractivity contribution in [1.82, 2.24) is 9.97 Å². The van der Waals surface area contributed by atoms with Crippen LogP contribution in [0.25, 0.3) is 10.2 Å². The minimum Gasteiger partial charge on any atom is -0.325 e. The van der Waals surface area contributed by atoms with E-state index in [9.17, 15) is 4.79 Å². The summed E-state index contributed by atoms with van der Waals surface area (Å²) in [6.45, 7) is 2.02. The normalized spacial score (nSPS) is 12.0. The maximum absolute atomic E-state index is 13.1. The molecule has 0 fully saturated rings. The Morgan fingerprint density at radius 2 is 1.81 bits per heavy atom. The van der Waals surface area contributed by atoms with Crippen LogP contribution in [-0.2, 0) is 4.79 Å². The Morgan fingerprint density at radius 1 is 1.04 bits per heavy atom. The molecule has 0 saturated heterocycles. The predicted octanol–water partition coefficient (Wildman–Crippen LogP) is 5.47. The van der Waals surface area contributed by atoms with Crippen molar-refractivity contribution in [2.75, 3.05) is 5.32 Å². The van der Waals surface area contributed by atoms with Crippen LogP contribution in [0.15, 0.2) is 77.4 Å². The number of aromatic nitrogens is 2. The topological polar surface area (TPSA) is 54.9 Å². The lowest BCUT2D eigenvalue weighted by atomic mass is 10.1. The second-order valence-electron chi connectivity index (χ2n) is 6.08. The first-order valence-corrected chi connectivity index (χ1v) is 10.2. The highest BCUT2D eigenvalue weighted by molar-refractivity contribution is 8.00. The molecular formula is C21H17N3OS2. The highest BCUT2D eigenvalue weighted by Crippen LogP contribution is 2.38. The van der Waals surface area contributed by atoms with Gasteiger partial charge in [-0.2, -0.15) is 0 Å². The van der Waals surface area contributed by atoms with Crippen molar-refractivity contribution in [1.29, 1.82) is 0 Å². The number of nitrogens with zero attached hydrogens (tertiary/aromatic N) is 2. The number of fused-ring (bicyclic) bond motifs is 1. The molecule has 27 heavy (non-hydrogen) atoms. The number of hydrogen-bond donors (Lipinski definition) is 1. The van der Waals surface area contributed by atoms with E-state index in [4.69, 9.17) is 0 Å². The molecule has 2 heterocycles.